The molecule has 27 heavy (non-hydrogen) atoms. The molecule has 3 aromatic carbocycles. The fraction of sp³-hybridized carbons (Fsp3) is 0.273. The van der Waals surface area contributed by atoms with E-state index in [2.05, 4.69) is 39.8 Å². The molecule has 0 atom stereocenters. The van der Waals surface area contributed by atoms with Gasteiger partial charge in [-0.25, -0.2) is 0 Å². The van der Waals surface area contributed by atoms with Crippen LogP contribution in [0.15, 0.2) is 52.9 Å². The van der Waals surface area contributed by atoms with Gasteiger partial charge in [0.2, 0.25) is 0 Å². The summed E-state index contributed by atoms with van der Waals surface area (Å²) in [6.45, 7) is 8.26. The first-order valence-corrected chi connectivity index (χ1v) is 9.54. The first-order valence-electron chi connectivity index (χ1n) is 9.16. The maximum Gasteiger partial charge on any atom is 0.494 e. The second-order valence-electron chi connectivity index (χ2n) is 8.22. The monoisotopic (exact) mass is 378 g/mol. The smallest absolute Gasteiger partial charge is 0.456 e. The Morgan fingerprint density at radius 1 is 0.778 bits per heavy atom. The van der Waals surface area contributed by atoms with E-state index in [0.717, 1.165) is 38.2 Å². The van der Waals surface area contributed by atoms with E-state index in [0.29, 0.717) is 5.02 Å². The molecule has 0 unspecified atom stereocenters. The molecule has 136 valence electrons. The Bertz CT molecular complexity index is 1190. The van der Waals surface area contributed by atoms with E-state index >= 15 is 0 Å². The van der Waals surface area contributed by atoms with Gasteiger partial charge in [-0.3, -0.25) is 0 Å². The summed E-state index contributed by atoms with van der Waals surface area (Å²) in [4.78, 5) is 0. The Hall–Kier alpha value is -2.01. The lowest BCUT2D eigenvalue weighted by atomic mass is 9.78. The van der Waals surface area contributed by atoms with Crippen LogP contribution in [0.5, 0.6) is 0 Å². The van der Waals surface area contributed by atoms with Crippen molar-refractivity contribution in [3.8, 4) is 0 Å². The van der Waals surface area contributed by atoms with Crippen molar-refractivity contribution in [2.75, 3.05) is 0 Å². The average molecular weight is 379 g/mol. The van der Waals surface area contributed by atoms with E-state index in [4.69, 9.17) is 25.3 Å². The Kier molecular flexibility index (Phi) is 3.49. The van der Waals surface area contributed by atoms with Crippen LogP contribution < -0.4 is 5.46 Å². The van der Waals surface area contributed by atoms with Crippen LogP contribution in [0, 0.1) is 0 Å². The van der Waals surface area contributed by atoms with Gasteiger partial charge in [0, 0.05) is 22.2 Å². The van der Waals surface area contributed by atoms with Crippen molar-refractivity contribution in [1.29, 1.82) is 0 Å². The van der Waals surface area contributed by atoms with Crippen LogP contribution in [-0.4, -0.2) is 18.3 Å². The Balaban J connectivity index is 1.74. The molecule has 4 aromatic rings. The summed E-state index contributed by atoms with van der Waals surface area (Å²) >= 11 is 6.46. The van der Waals surface area contributed by atoms with Crippen molar-refractivity contribution >= 4 is 56.9 Å². The average Bonchev–Trinajstić information content (AvgIpc) is 3.08. The van der Waals surface area contributed by atoms with Gasteiger partial charge >= 0.3 is 7.12 Å². The number of benzene rings is 3. The molecule has 1 saturated heterocycles. The minimum absolute atomic E-state index is 0.370. The van der Waals surface area contributed by atoms with Crippen molar-refractivity contribution < 1.29 is 13.7 Å². The number of hydrogen-bond donors (Lipinski definition) is 0. The lowest BCUT2D eigenvalue weighted by Crippen LogP contribution is -2.41. The normalized spacial score (nSPS) is 18.8. The highest BCUT2D eigenvalue weighted by Crippen LogP contribution is 2.39. The van der Waals surface area contributed by atoms with Crippen molar-refractivity contribution in [3.05, 3.63) is 53.6 Å². The molecule has 2 heterocycles. The molecule has 0 bridgehead atoms. The third-order valence-electron chi connectivity index (χ3n) is 5.98. The molecule has 1 fully saturated rings. The van der Waals surface area contributed by atoms with E-state index < -0.39 is 7.12 Å². The highest BCUT2D eigenvalue weighted by Gasteiger charge is 2.51. The minimum atomic E-state index is -0.400. The second-order valence-corrected chi connectivity index (χ2v) is 8.63. The Morgan fingerprint density at radius 3 is 2.15 bits per heavy atom. The molecule has 0 N–H and O–H groups in total. The Morgan fingerprint density at radius 2 is 1.44 bits per heavy atom. The van der Waals surface area contributed by atoms with Gasteiger partial charge in [0.1, 0.15) is 11.2 Å². The zero-order valence-electron chi connectivity index (χ0n) is 15.8. The second kappa shape index (κ2) is 5.51. The predicted molar refractivity (Wildman–Crippen MR) is 112 cm³/mol. The van der Waals surface area contributed by atoms with E-state index in [1.807, 2.05) is 36.4 Å². The van der Waals surface area contributed by atoms with Gasteiger partial charge in [-0.05, 0) is 44.6 Å². The van der Waals surface area contributed by atoms with E-state index in [-0.39, 0.29) is 11.2 Å². The number of rotatable bonds is 1. The summed E-state index contributed by atoms with van der Waals surface area (Å²) in [7, 11) is -0.400. The van der Waals surface area contributed by atoms with Crippen LogP contribution in [0.1, 0.15) is 27.7 Å². The largest absolute Gasteiger partial charge is 0.494 e. The molecule has 1 aliphatic rings. The SMILES string of the molecule is CC1(C)OB(c2ccc3oc4cc(Cl)c5ccccc5c4c3c2)OC1(C)C. The summed E-state index contributed by atoms with van der Waals surface area (Å²) in [5, 5.41) is 4.93. The predicted octanol–water partition coefficient (Wildman–Crippen LogP) is 5.69. The van der Waals surface area contributed by atoms with Gasteiger partial charge in [0.05, 0.1) is 16.2 Å². The zero-order chi connectivity index (χ0) is 19.0. The quantitative estimate of drug-likeness (QED) is 0.399. The van der Waals surface area contributed by atoms with E-state index in [9.17, 15) is 0 Å². The molecule has 5 heteroatoms. The topological polar surface area (TPSA) is 31.6 Å². The molecular formula is C22H20BClO3. The fourth-order valence-electron chi connectivity index (χ4n) is 3.74. The third kappa shape index (κ3) is 2.44. The van der Waals surface area contributed by atoms with E-state index in [1.54, 1.807) is 0 Å². The molecule has 0 radical (unpaired) electrons. The molecule has 0 aliphatic carbocycles. The van der Waals surface area contributed by atoms with Crippen molar-refractivity contribution in [2.24, 2.45) is 0 Å². The number of halogens is 1. The summed E-state index contributed by atoms with van der Waals surface area (Å²) in [5.74, 6) is 0. The van der Waals surface area contributed by atoms with Gasteiger partial charge in [0.25, 0.3) is 0 Å². The maximum absolute atomic E-state index is 6.46. The van der Waals surface area contributed by atoms with Crippen LogP contribution in [-0.2, 0) is 9.31 Å². The first-order chi connectivity index (χ1) is 12.8. The van der Waals surface area contributed by atoms with Gasteiger partial charge in [-0.1, -0.05) is 48.0 Å². The van der Waals surface area contributed by atoms with E-state index in [1.165, 1.54) is 0 Å². The van der Waals surface area contributed by atoms with Crippen LogP contribution in [0.3, 0.4) is 0 Å². The maximum atomic E-state index is 6.46. The highest BCUT2D eigenvalue weighted by atomic mass is 35.5. The van der Waals surface area contributed by atoms with Gasteiger partial charge < -0.3 is 13.7 Å². The Labute approximate surface area is 163 Å². The molecule has 5 rings (SSSR count). The minimum Gasteiger partial charge on any atom is -0.456 e. The van der Waals surface area contributed by atoms with Crippen molar-refractivity contribution in [1.82, 2.24) is 0 Å². The number of furan rings is 1. The lowest BCUT2D eigenvalue weighted by molar-refractivity contribution is 0.00578. The molecule has 1 aliphatic heterocycles. The lowest BCUT2D eigenvalue weighted by Gasteiger charge is -2.32. The summed E-state index contributed by atoms with van der Waals surface area (Å²) in [5.41, 5.74) is 1.87. The van der Waals surface area contributed by atoms with Crippen LogP contribution in [0.2, 0.25) is 5.02 Å². The summed E-state index contributed by atoms with van der Waals surface area (Å²) in [6, 6.07) is 16.1. The number of hydrogen-bond acceptors (Lipinski definition) is 3. The van der Waals surface area contributed by atoms with Crippen LogP contribution >= 0.6 is 11.6 Å². The van der Waals surface area contributed by atoms with Crippen molar-refractivity contribution in [2.45, 2.75) is 38.9 Å². The third-order valence-corrected chi connectivity index (χ3v) is 6.29. The summed E-state index contributed by atoms with van der Waals surface area (Å²) in [6.07, 6.45) is 0. The van der Waals surface area contributed by atoms with Crippen LogP contribution in [0.25, 0.3) is 32.7 Å². The van der Waals surface area contributed by atoms with Crippen LogP contribution in [0.4, 0.5) is 0 Å². The number of fused-ring (bicyclic) bond motifs is 5. The standard InChI is InChI=1S/C22H20BClO3/c1-21(2)22(3,4)27-23(26-21)13-9-10-18-16(11-13)20-15-8-6-5-7-14(15)17(24)12-19(20)25-18/h5-12H,1-4H3. The highest BCUT2D eigenvalue weighted by molar-refractivity contribution is 6.62. The zero-order valence-corrected chi connectivity index (χ0v) is 16.6. The van der Waals surface area contributed by atoms with Gasteiger partial charge in [-0.2, -0.15) is 0 Å². The van der Waals surface area contributed by atoms with Gasteiger partial charge in [-0.15, -0.1) is 0 Å². The van der Waals surface area contributed by atoms with Crippen molar-refractivity contribution in [3.63, 3.8) is 0 Å². The molecule has 0 saturated carbocycles. The molecule has 3 nitrogen and oxygen atoms in total. The first kappa shape index (κ1) is 17.1. The fourth-order valence-corrected chi connectivity index (χ4v) is 4.01. The molecular weight excluding hydrogens is 359 g/mol. The van der Waals surface area contributed by atoms with Gasteiger partial charge in [0.15, 0.2) is 0 Å². The molecule has 0 spiro atoms. The molecule has 1 aromatic heterocycles. The molecule has 0 amide bonds. The summed E-state index contributed by atoms with van der Waals surface area (Å²) < 4.78 is 18.5.